The van der Waals surface area contributed by atoms with Crippen molar-refractivity contribution in [3.63, 3.8) is 0 Å². The molecule has 126 valence electrons. The first kappa shape index (κ1) is 17.2. The molecule has 24 heavy (non-hydrogen) atoms. The number of rotatable bonds is 6. The van der Waals surface area contributed by atoms with E-state index in [0.717, 1.165) is 5.69 Å². The number of aryl methyl sites for hydroxylation is 2. The number of aromatic nitrogens is 2. The predicted molar refractivity (Wildman–Crippen MR) is 86.7 cm³/mol. The highest BCUT2D eigenvalue weighted by atomic mass is 16.4. The quantitative estimate of drug-likeness (QED) is 0.722. The van der Waals surface area contributed by atoms with Crippen molar-refractivity contribution in [3.05, 3.63) is 47.3 Å². The largest absolute Gasteiger partial charge is 0.480 e. The third-order valence-electron chi connectivity index (χ3n) is 3.36. The van der Waals surface area contributed by atoms with Gasteiger partial charge >= 0.3 is 5.97 Å². The van der Waals surface area contributed by atoms with Gasteiger partial charge in [-0.3, -0.25) is 19.1 Å². The third kappa shape index (κ3) is 4.67. The highest BCUT2D eigenvalue weighted by molar-refractivity contribution is 6.02. The Hall–Kier alpha value is -3.16. The van der Waals surface area contributed by atoms with Crippen molar-refractivity contribution < 1.29 is 19.5 Å². The topological polar surface area (TPSA) is 113 Å². The Morgan fingerprint density at radius 3 is 2.42 bits per heavy atom. The number of carboxylic acids is 1. The monoisotopic (exact) mass is 330 g/mol. The van der Waals surface area contributed by atoms with Crippen molar-refractivity contribution in [2.24, 2.45) is 7.05 Å². The summed E-state index contributed by atoms with van der Waals surface area (Å²) in [4.78, 5) is 34.0. The van der Waals surface area contributed by atoms with E-state index in [0.29, 0.717) is 16.9 Å². The zero-order valence-electron chi connectivity index (χ0n) is 13.4. The summed E-state index contributed by atoms with van der Waals surface area (Å²) in [7, 11) is 1.76. The maximum absolute atomic E-state index is 12.1. The molecule has 0 aliphatic heterocycles. The van der Waals surface area contributed by atoms with Gasteiger partial charge in [-0.25, -0.2) is 0 Å². The minimum atomic E-state index is -1.09. The van der Waals surface area contributed by atoms with Gasteiger partial charge in [-0.2, -0.15) is 5.10 Å². The maximum Gasteiger partial charge on any atom is 0.322 e. The van der Waals surface area contributed by atoms with E-state index in [4.69, 9.17) is 5.11 Å². The Morgan fingerprint density at radius 1 is 1.21 bits per heavy atom. The third-order valence-corrected chi connectivity index (χ3v) is 3.36. The average molecular weight is 330 g/mol. The lowest BCUT2D eigenvalue weighted by atomic mass is 10.1. The van der Waals surface area contributed by atoms with Crippen molar-refractivity contribution in [1.29, 1.82) is 0 Å². The van der Waals surface area contributed by atoms with Gasteiger partial charge in [0.25, 0.3) is 5.91 Å². The molecular weight excluding hydrogens is 312 g/mol. The summed E-state index contributed by atoms with van der Waals surface area (Å²) in [5.41, 5.74) is 2.50. The molecule has 1 heterocycles. The summed E-state index contributed by atoms with van der Waals surface area (Å²) in [6.45, 7) is 1.45. The lowest BCUT2D eigenvalue weighted by Crippen LogP contribution is -2.30. The Kier molecular flexibility index (Phi) is 5.31. The van der Waals surface area contributed by atoms with E-state index in [1.165, 1.54) is 0 Å². The molecule has 3 N–H and O–H groups in total. The molecule has 1 aromatic carbocycles. The second-order valence-electron chi connectivity index (χ2n) is 5.29. The van der Waals surface area contributed by atoms with E-state index < -0.39 is 12.5 Å². The van der Waals surface area contributed by atoms with E-state index in [1.807, 2.05) is 6.92 Å². The normalized spacial score (nSPS) is 10.2. The molecule has 2 rings (SSSR count). The van der Waals surface area contributed by atoms with E-state index >= 15 is 0 Å². The van der Waals surface area contributed by atoms with E-state index in [9.17, 15) is 14.4 Å². The number of amides is 2. The highest BCUT2D eigenvalue weighted by Gasteiger charge is 2.11. The summed E-state index contributed by atoms with van der Waals surface area (Å²) in [5.74, 6) is -1.78. The number of nitrogens with zero attached hydrogens (tertiary/aromatic N) is 2. The highest BCUT2D eigenvalue weighted by Crippen LogP contribution is 2.12. The van der Waals surface area contributed by atoms with Crippen molar-refractivity contribution in [3.8, 4) is 0 Å². The van der Waals surface area contributed by atoms with Crippen LogP contribution in [-0.4, -0.2) is 39.2 Å². The van der Waals surface area contributed by atoms with Crippen molar-refractivity contribution in [2.75, 3.05) is 11.9 Å². The molecular formula is C16H18N4O4. The SMILES string of the molecule is Cc1cc(C(=O)Nc2ccc(CC(=O)NCC(=O)O)cc2)nn1C. The van der Waals surface area contributed by atoms with Gasteiger partial charge in [0.2, 0.25) is 5.91 Å². The number of carboxylic acid groups (broad SMARTS) is 1. The molecule has 0 saturated heterocycles. The standard InChI is InChI=1S/C16H18N4O4/c1-10-7-13(19-20(10)2)16(24)18-12-5-3-11(4-6-12)8-14(21)17-9-15(22)23/h3-7H,8-9H2,1-2H3,(H,17,21)(H,18,24)(H,22,23). The first-order chi connectivity index (χ1) is 11.3. The molecule has 0 bridgehead atoms. The molecule has 0 saturated carbocycles. The van der Waals surface area contributed by atoms with Crippen LogP contribution in [0.15, 0.2) is 30.3 Å². The zero-order valence-corrected chi connectivity index (χ0v) is 13.4. The number of benzene rings is 1. The Labute approximate surface area is 138 Å². The van der Waals surface area contributed by atoms with Crippen LogP contribution in [0.25, 0.3) is 0 Å². The minimum absolute atomic E-state index is 0.0704. The Balaban J connectivity index is 1.93. The zero-order chi connectivity index (χ0) is 17.7. The maximum atomic E-state index is 12.1. The van der Waals surface area contributed by atoms with Crippen LogP contribution in [-0.2, 0) is 23.1 Å². The Morgan fingerprint density at radius 2 is 1.88 bits per heavy atom. The van der Waals surface area contributed by atoms with Gasteiger partial charge in [-0.15, -0.1) is 0 Å². The molecule has 0 aliphatic carbocycles. The van der Waals surface area contributed by atoms with Crippen LogP contribution in [0.5, 0.6) is 0 Å². The molecule has 0 radical (unpaired) electrons. The number of anilines is 1. The molecule has 2 amide bonds. The molecule has 0 spiro atoms. The fraction of sp³-hybridized carbons (Fsp3) is 0.250. The van der Waals surface area contributed by atoms with Gasteiger partial charge in [0.1, 0.15) is 6.54 Å². The summed E-state index contributed by atoms with van der Waals surface area (Å²) in [6.07, 6.45) is 0.0704. The Bertz CT molecular complexity index is 745. The van der Waals surface area contributed by atoms with Gasteiger partial charge in [-0.1, -0.05) is 12.1 Å². The number of aliphatic carboxylic acids is 1. The molecule has 0 unspecified atom stereocenters. The predicted octanol–water partition coefficient (Wildman–Crippen LogP) is 0.724. The fourth-order valence-electron chi connectivity index (χ4n) is 1.99. The van der Waals surface area contributed by atoms with E-state index in [-0.39, 0.29) is 18.2 Å². The number of hydrogen-bond donors (Lipinski definition) is 3. The summed E-state index contributed by atoms with van der Waals surface area (Å²) in [6, 6.07) is 8.43. The van der Waals surface area contributed by atoms with Crippen LogP contribution in [0, 0.1) is 6.92 Å². The van der Waals surface area contributed by atoms with E-state index in [1.54, 1.807) is 42.1 Å². The van der Waals surface area contributed by atoms with Gasteiger partial charge in [0.05, 0.1) is 6.42 Å². The number of carbonyl (C=O) groups is 3. The number of nitrogens with one attached hydrogen (secondary N) is 2. The average Bonchev–Trinajstić information content (AvgIpc) is 2.87. The summed E-state index contributed by atoms with van der Waals surface area (Å²) < 4.78 is 1.62. The molecule has 0 fully saturated rings. The number of carbonyl (C=O) groups excluding carboxylic acids is 2. The van der Waals surface area contributed by atoms with Gasteiger partial charge in [0, 0.05) is 18.4 Å². The van der Waals surface area contributed by atoms with Gasteiger partial charge < -0.3 is 15.7 Å². The first-order valence-corrected chi connectivity index (χ1v) is 7.24. The smallest absolute Gasteiger partial charge is 0.322 e. The fourth-order valence-corrected chi connectivity index (χ4v) is 1.99. The van der Waals surface area contributed by atoms with Crippen molar-refractivity contribution in [2.45, 2.75) is 13.3 Å². The van der Waals surface area contributed by atoms with Crippen LogP contribution in [0.3, 0.4) is 0 Å². The summed E-state index contributed by atoms with van der Waals surface area (Å²) >= 11 is 0. The van der Waals surface area contributed by atoms with Crippen LogP contribution in [0.2, 0.25) is 0 Å². The molecule has 8 nitrogen and oxygen atoms in total. The molecule has 0 aliphatic rings. The minimum Gasteiger partial charge on any atom is -0.480 e. The number of hydrogen-bond acceptors (Lipinski definition) is 4. The molecule has 8 heteroatoms. The summed E-state index contributed by atoms with van der Waals surface area (Å²) in [5, 5.41) is 17.6. The second kappa shape index (κ2) is 7.40. The molecule has 0 atom stereocenters. The van der Waals surface area contributed by atoms with Crippen molar-refractivity contribution >= 4 is 23.5 Å². The second-order valence-corrected chi connectivity index (χ2v) is 5.29. The van der Waals surface area contributed by atoms with Crippen LogP contribution < -0.4 is 10.6 Å². The lowest BCUT2D eigenvalue weighted by molar-refractivity contribution is -0.137. The van der Waals surface area contributed by atoms with Crippen LogP contribution in [0.4, 0.5) is 5.69 Å². The van der Waals surface area contributed by atoms with Crippen LogP contribution in [0.1, 0.15) is 21.7 Å². The first-order valence-electron chi connectivity index (χ1n) is 7.24. The lowest BCUT2D eigenvalue weighted by Gasteiger charge is -2.06. The molecule has 1 aromatic heterocycles. The molecule has 2 aromatic rings. The van der Waals surface area contributed by atoms with Crippen molar-refractivity contribution in [1.82, 2.24) is 15.1 Å². The van der Waals surface area contributed by atoms with E-state index in [2.05, 4.69) is 15.7 Å². The van der Waals surface area contributed by atoms with Crippen LogP contribution >= 0.6 is 0 Å². The van der Waals surface area contributed by atoms with Gasteiger partial charge in [0.15, 0.2) is 5.69 Å². The van der Waals surface area contributed by atoms with Gasteiger partial charge in [-0.05, 0) is 30.7 Å².